The zero-order valence-corrected chi connectivity index (χ0v) is 16.0. The molecule has 0 N–H and O–H groups in total. The summed E-state index contributed by atoms with van der Waals surface area (Å²) in [6.07, 6.45) is 0. The van der Waals surface area contributed by atoms with E-state index in [2.05, 4.69) is 15.9 Å². The number of halogens is 1. The number of benzene rings is 3. The van der Waals surface area contributed by atoms with Crippen LogP contribution in [0.15, 0.2) is 83.3 Å². The third-order valence-corrected chi connectivity index (χ3v) is 4.34. The van der Waals surface area contributed by atoms with Crippen LogP contribution in [0.5, 0.6) is 0 Å². The molecule has 0 bridgehead atoms. The van der Waals surface area contributed by atoms with Crippen molar-refractivity contribution in [3.63, 3.8) is 0 Å². The van der Waals surface area contributed by atoms with Gasteiger partial charge in [-0.25, -0.2) is 9.59 Å². The first-order valence-electron chi connectivity index (χ1n) is 8.35. The number of ether oxygens (including phenoxy) is 2. The van der Waals surface area contributed by atoms with Gasteiger partial charge in [0.1, 0.15) is 13.2 Å². The lowest BCUT2D eigenvalue weighted by Crippen LogP contribution is -2.14. The first kappa shape index (κ1) is 18.9. The van der Waals surface area contributed by atoms with E-state index in [1.807, 2.05) is 60.7 Å². The van der Waals surface area contributed by atoms with E-state index in [-0.39, 0.29) is 24.3 Å². The molecule has 0 unspecified atom stereocenters. The lowest BCUT2D eigenvalue weighted by molar-refractivity contribution is 0.0425. The molecule has 0 saturated heterocycles. The zero-order chi connectivity index (χ0) is 19.1. The van der Waals surface area contributed by atoms with Crippen LogP contribution in [0.3, 0.4) is 0 Å². The molecule has 0 heterocycles. The predicted octanol–water partition coefficient (Wildman–Crippen LogP) is 5.16. The fourth-order valence-electron chi connectivity index (χ4n) is 2.47. The largest absolute Gasteiger partial charge is 0.457 e. The van der Waals surface area contributed by atoms with E-state index in [1.54, 1.807) is 18.2 Å². The summed E-state index contributed by atoms with van der Waals surface area (Å²) >= 11 is 3.33. The van der Waals surface area contributed by atoms with E-state index in [4.69, 9.17) is 9.47 Å². The molecule has 3 aromatic rings. The molecule has 0 aliphatic rings. The maximum atomic E-state index is 12.5. The molecule has 5 heteroatoms. The predicted molar refractivity (Wildman–Crippen MR) is 105 cm³/mol. The molecule has 0 radical (unpaired) electrons. The summed E-state index contributed by atoms with van der Waals surface area (Å²) < 4.78 is 11.4. The number of esters is 2. The van der Waals surface area contributed by atoms with Gasteiger partial charge in [-0.15, -0.1) is 0 Å². The summed E-state index contributed by atoms with van der Waals surface area (Å²) in [4.78, 5) is 25.0. The first-order chi connectivity index (χ1) is 13.1. The normalized spacial score (nSPS) is 10.3. The van der Waals surface area contributed by atoms with Crippen LogP contribution in [0.25, 0.3) is 0 Å². The summed E-state index contributed by atoms with van der Waals surface area (Å²) in [7, 11) is 0. The van der Waals surface area contributed by atoms with Gasteiger partial charge in [0.2, 0.25) is 0 Å². The Kier molecular flexibility index (Phi) is 6.39. The second-order valence-electron chi connectivity index (χ2n) is 5.81. The third-order valence-electron chi connectivity index (χ3n) is 3.85. The molecular formula is C22H17BrO4. The minimum atomic E-state index is -0.577. The van der Waals surface area contributed by atoms with Crippen molar-refractivity contribution in [3.05, 3.63) is 106 Å². The monoisotopic (exact) mass is 424 g/mol. The minimum Gasteiger partial charge on any atom is -0.457 e. The smallest absolute Gasteiger partial charge is 0.339 e. The minimum absolute atomic E-state index is 0.130. The second-order valence-corrected chi connectivity index (χ2v) is 6.73. The van der Waals surface area contributed by atoms with Crippen molar-refractivity contribution in [2.45, 2.75) is 13.2 Å². The highest BCUT2D eigenvalue weighted by Crippen LogP contribution is 2.20. The summed E-state index contributed by atoms with van der Waals surface area (Å²) in [5.41, 5.74) is 2.08. The Labute approximate surface area is 165 Å². The van der Waals surface area contributed by atoms with E-state index >= 15 is 0 Å². The van der Waals surface area contributed by atoms with Gasteiger partial charge < -0.3 is 9.47 Å². The van der Waals surface area contributed by atoms with Crippen LogP contribution in [0.1, 0.15) is 31.8 Å². The lowest BCUT2D eigenvalue weighted by atomic mass is 10.1. The van der Waals surface area contributed by atoms with Gasteiger partial charge in [-0.05, 0) is 29.3 Å². The molecule has 0 amide bonds. The van der Waals surface area contributed by atoms with Crippen LogP contribution in [0, 0.1) is 0 Å². The quantitative estimate of drug-likeness (QED) is 0.512. The van der Waals surface area contributed by atoms with Crippen LogP contribution in [-0.4, -0.2) is 11.9 Å². The van der Waals surface area contributed by atoms with E-state index in [1.165, 1.54) is 0 Å². The Hall–Kier alpha value is -2.92. The number of carbonyl (C=O) groups excluding carboxylic acids is 2. The Morgan fingerprint density at radius 3 is 1.67 bits per heavy atom. The Bertz CT molecular complexity index is 924. The Morgan fingerprint density at radius 1 is 0.667 bits per heavy atom. The van der Waals surface area contributed by atoms with Crippen molar-refractivity contribution in [1.82, 2.24) is 0 Å². The summed E-state index contributed by atoms with van der Waals surface area (Å²) in [6.45, 7) is 0.263. The van der Waals surface area contributed by atoms with Crippen molar-refractivity contribution in [2.24, 2.45) is 0 Å². The summed E-state index contributed by atoms with van der Waals surface area (Å²) in [5.74, 6) is -1.15. The van der Waals surface area contributed by atoms with Crippen LogP contribution >= 0.6 is 15.9 Å². The van der Waals surface area contributed by atoms with E-state index in [0.717, 1.165) is 11.1 Å². The molecule has 3 aromatic carbocycles. The van der Waals surface area contributed by atoms with Crippen LogP contribution in [0.4, 0.5) is 0 Å². The molecule has 0 saturated carbocycles. The maximum absolute atomic E-state index is 12.5. The number of carbonyl (C=O) groups is 2. The fraction of sp³-hybridized carbons (Fsp3) is 0.0909. The van der Waals surface area contributed by atoms with Gasteiger partial charge >= 0.3 is 11.9 Å². The number of rotatable bonds is 6. The summed E-state index contributed by atoms with van der Waals surface area (Å²) in [5, 5.41) is 0. The van der Waals surface area contributed by atoms with Crippen molar-refractivity contribution in [3.8, 4) is 0 Å². The topological polar surface area (TPSA) is 52.6 Å². The highest BCUT2D eigenvalue weighted by molar-refractivity contribution is 9.10. The molecule has 0 aliphatic heterocycles. The molecule has 136 valence electrons. The van der Waals surface area contributed by atoms with Gasteiger partial charge in [0.15, 0.2) is 0 Å². The van der Waals surface area contributed by atoms with Crippen LogP contribution in [0.2, 0.25) is 0 Å². The molecule has 27 heavy (non-hydrogen) atoms. The van der Waals surface area contributed by atoms with Crippen LogP contribution < -0.4 is 0 Å². The molecular weight excluding hydrogens is 408 g/mol. The molecule has 0 spiro atoms. The van der Waals surface area contributed by atoms with Gasteiger partial charge in [0, 0.05) is 4.47 Å². The van der Waals surface area contributed by atoms with Crippen molar-refractivity contribution in [1.29, 1.82) is 0 Å². The van der Waals surface area contributed by atoms with E-state index in [9.17, 15) is 9.59 Å². The zero-order valence-electron chi connectivity index (χ0n) is 14.4. The van der Waals surface area contributed by atoms with E-state index in [0.29, 0.717) is 4.47 Å². The number of hydrogen-bond donors (Lipinski definition) is 0. The van der Waals surface area contributed by atoms with Crippen molar-refractivity contribution in [2.75, 3.05) is 0 Å². The average molecular weight is 425 g/mol. The molecule has 0 fully saturated rings. The SMILES string of the molecule is O=C(OCc1ccccc1)c1ccc(Br)cc1C(=O)OCc1ccccc1. The molecule has 0 aliphatic carbocycles. The van der Waals surface area contributed by atoms with Gasteiger partial charge in [-0.2, -0.15) is 0 Å². The highest BCUT2D eigenvalue weighted by Gasteiger charge is 2.20. The number of hydrogen-bond acceptors (Lipinski definition) is 4. The van der Waals surface area contributed by atoms with Gasteiger partial charge in [-0.1, -0.05) is 76.6 Å². The molecule has 0 atom stereocenters. The molecule has 4 nitrogen and oxygen atoms in total. The van der Waals surface area contributed by atoms with Gasteiger partial charge in [-0.3, -0.25) is 0 Å². The summed E-state index contributed by atoms with van der Waals surface area (Å²) in [6, 6.07) is 23.5. The lowest BCUT2D eigenvalue weighted by Gasteiger charge is -2.11. The van der Waals surface area contributed by atoms with Crippen molar-refractivity contribution < 1.29 is 19.1 Å². The molecule has 0 aromatic heterocycles. The first-order valence-corrected chi connectivity index (χ1v) is 9.14. The van der Waals surface area contributed by atoms with Gasteiger partial charge in [0.05, 0.1) is 11.1 Å². The fourth-order valence-corrected chi connectivity index (χ4v) is 2.83. The standard InChI is InChI=1S/C22H17BrO4/c23-18-11-12-19(21(24)26-14-16-7-3-1-4-8-16)20(13-18)22(25)27-15-17-9-5-2-6-10-17/h1-13H,14-15H2. The Morgan fingerprint density at radius 2 is 1.15 bits per heavy atom. The maximum Gasteiger partial charge on any atom is 0.339 e. The third kappa shape index (κ3) is 5.28. The van der Waals surface area contributed by atoms with E-state index < -0.39 is 11.9 Å². The highest BCUT2D eigenvalue weighted by atomic mass is 79.9. The van der Waals surface area contributed by atoms with Gasteiger partial charge in [0.25, 0.3) is 0 Å². The average Bonchev–Trinajstić information content (AvgIpc) is 2.71. The van der Waals surface area contributed by atoms with Crippen molar-refractivity contribution >= 4 is 27.9 Å². The Balaban J connectivity index is 1.71. The molecule has 3 rings (SSSR count). The van der Waals surface area contributed by atoms with Crippen LogP contribution in [-0.2, 0) is 22.7 Å². The second kappa shape index (κ2) is 9.14.